The van der Waals surface area contributed by atoms with Gasteiger partial charge in [-0.15, -0.1) is 0 Å². The summed E-state index contributed by atoms with van der Waals surface area (Å²) in [6, 6.07) is 0. The van der Waals surface area contributed by atoms with E-state index in [2.05, 4.69) is 13.8 Å². The number of aldehydes is 1. The molecule has 0 aromatic carbocycles. The fraction of sp³-hybridized carbons (Fsp3) is 0.923. The van der Waals surface area contributed by atoms with Crippen LogP contribution >= 0.6 is 0 Å². The van der Waals surface area contributed by atoms with Crippen molar-refractivity contribution in [2.45, 2.75) is 64.1 Å². The molecule has 0 aromatic heterocycles. The summed E-state index contributed by atoms with van der Waals surface area (Å²) < 4.78 is 0. The smallest absolute Gasteiger partial charge is 0.188 e. The number of hydrogen-bond acceptors (Lipinski definition) is 2. The van der Waals surface area contributed by atoms with Gasteiger partial charge in [-0.2, -0.15) is 0 Å². The van der Waals surface area contributed by atoms with E-state index in [0.717, 1.165) is 25.5 Å². The first-order chi connectivity index (χ1) is 7.28. The van der Waals surface area contributed by atoms with E-state index < -0.39 is 8.32 Å². The summed E-state index contributed by atoms with van der Waals surface area (Å²) in [5.74, 6) is 0.740. The van der Waals surface area contributed by atoms with Crippen LogP contribution in [0.3, 0.4) is 0 Å². The van der Waals surface area contributed by atoms with E-state index in [4.69, 9.17) is 0 Å². The second-order valence-corrected chi connectivity index (χ2v) is 11.0. The maximum absolute atomic E-state index is 11.1. The summed E-state index contributed by atoms with van der Waals surface area (Å²) in [5.41, 5.74) is 0. The van der Waals surface area contributed by atoms with E-state index in [1.165, 1.54) is 12.8 Å². The van der Waals surface area contributed by atoms with Gasteiger partial charge in [-0.25, -0.2) is 0 Å². The SMILES string of the molecule is CC(C)(C[C@H]1CCCC[C@H]1C=O)[Si](C)(C)O. The molecule has 1 aliphatic carbocycles. The molecule has 94 valence electrons. The molecule has 0 aliphatic heterocycles. The van der Waals surface area contributed by atoms with E-state index in [1.54, 1.807) is 0 Å². The second kappa shape index (κ2) is 5.01. The Bertz CT molecular complexity index is 243. The Morgan fingerprint density at radius 2 is 1.88 bits per heavy atom. The van der Waals surface area contributed by atoms with Crippen molar-refractivity contribution in [1.82, 2.24) is 0 Å². The van der Waals surface area contributed by atoms with Crippen molar-refractivity contribution in [3.8, 4) is 0 Å². The zero-order valence-corrected chi connectivity index (χ0v) is 12.1. The summed E-state index contributed by atoms with van der Waals surface area (Å²) in [4.78, 5) is 21.3. The molecular weight excluding hydrogens is 216 g/mol. The standard InChI is InChI=1S/C13H26O2Si/c1-13(2,16(3,4)15)9-11-7-5-6-8-12(11)10-14/h10-12,15H,5-9H2,1-4H3/t11-,12+/m1/s1. The van der Waals surface area contributed by atoms with Crippen LogP contribution in [0.25, 0.3) is 0 Å². The van der Waals surface area contributed by atoms with Crippen molar-refractivity contribution in [3.63, 3.8) is 0 Å². The quantitative estimate of drug-likeness (QED) is 0.606. The Morgan fingerprint density at radius 3 is 2.38 bits per heavy atom. The van der Waals surface area contributed by atoms with Gasteiger partial charge in [0.25, 0.3) is 0 Å². The molecule has 2 atom stereocenters. The Hall–Kier alpha value is -0.153. The minimum Gasteiger partial charge on any atom is -0.432 e. The van der Waals surface area contributed by atoms with E-state index in [9.17, 15) is 9.59 Å². The predicted molar refractivity (Wildman–Crippen MR) is 69.9 cm³/mol. The molecule has 1 aliphatic rings. The van der Waals surface area contributed by atoms with Crippen LogP contribution in [0.4, 0.5) is 0 Å². The fourth-order valence-corrected chi connectivity index (χ4v) is 3.34. The van der Waals surface area contributed by atoms with Gasteiger partial charge in [0.15, 0.2) is 8.32 Å². The maximum atomic E-state index is 11.1. The first-order valence-electron chi connectivity index (χ1n) is 6.45. The van der Waals surface area contributed by atoms with Crippen LogP contribution in [0.15, 0.2) is 0 Å². The molecular formula is C13H26O2Si. The Morgan fingerprint density at radius 1 is 1.31 bits per heavy atom. The van der Waals surface area contributed by atoms with Crippen LogP contribution in [-0.4, -0.2) is 19.4 Å². The van der Waals surface area contributed by atoms with Crippen LogP contribution in [0.2, 0.25) is 18.1 Å². The zero-order valence-electron chi connectivity index (χ0n) is 11.1. The highest BCUT2D eigenvalue weighted by atomic mass is 28.4. The highest BCUT2D eigenvalue weighted by molar-refractivity contribution is 6.72. The number of hydrogen-bond donors (Lipinski definition) is 1. The number of carbonyl (C=O) groups is 1. The van der Waals surface area contributed by atoms with Gasteiger partial charge in [0.05, 0.1) is 0 Å². The molecule has 3 heteroatoms. The summed E-state index contributed by atoms with van der Waals surface area (Å²) in [6.45, 7) is 8.34. The van der Waals surface area contributed by atoms with E-state index >= 15 is 0 Å². The van der Waals surface area contributed by atoms with Gasteiger partial charge in [-0.3, -0.25) is 0 Å². The molecule has 0 spiro atoms. The van der Waals surface area contributed by atoms with Crippen molar-refractivity contribution >= 4 is 14.6 Å². The number of rotatable bonds is 4. The van der Waals surface area contributed by atoms with Crippen LogP contribution in [0.5, 0.6) is 0 Å². The summed E-state index contributed by atoms with van der Waals surface area (Å²) in [7, 11) is -2.13. The topological polar surface area (TPSA) is 37.3 Å². The first-order valence-corrected chi connectivity index (χ1v) is 9.40. The zero-order chi connectivity index (χ0) is 12.4. The minimum absolute atomic E-state index is 0.0102. The molecule has 0 heterocycles. The molecule has 0 unspecified atom stereocenters. The molecule has 16 heavy (non-hydrogen) atoms. The van der Waals surface area contributed by atoms with Gasteiger partial charge < -0.3 is 9.59 Å². The third-order valence-electron chi connectivity index (χ3n) is 4.57. The fourth-order valence-electron chi connectivity index (χ4n) is 2.57. The molecule has 1 N–H and O–H groups in total. The Balaban J connectivity index is 2.67. The van der Waals surface area contributed by atoms with Crippen LogP contribution in [0, 0.1) is 11.8 Å². The average Bonchev–Trinajstić information content (AvgIpc) is 2.16. The van der Waals surface area contributed by atoms with E-state index in [1.807, 2.05) is 13.1 Å². The minimum atomic E-state index is -2.13. The van der Waals surface area contributed by atoms with Crippen molar-refractivity contribution in [2.75, 3.05) is 0 Å². The lowest BCUT2D eigenvalue weighted by molar-refractivity contribution is -0.113. The lowest BCUT2D eigenvalue weighted by atomic mass is 9.76. The van der Waals surface area contributed by atoms with Crippen LogP contribution in [-0.2, 0) is 4.79 Å². The molecule has 0 amide bonds. The molecule has 1 rings (SSSR count). The van der Waals surface area contributed by atoms with Crippen LogP contribution < -0.4 is 0 Å². The monoisotopic (exact) mass is 242 g/mol. The molecule has 0 saturated heterocycles. The van der Waals surface area contributed by atoms with Crippen molar-refractivity contribution in [2.24, 2.45) is 11.8 Å². The first kappa shape index (κ1) is 13.9. The average molecular weight is 242 g/mol. The third-order valence-corrected chi connectivity index (χ3v) is 8.09. The van der Waals surface area contributed by atoms with Gasteiger partial charge in [-0.05, 0) is 43.3 Å². The number of carbonyl (C=O) groups excluding carboxylic acids is 1. The van der Waals surface area contributed by atoms with Crippen LogP contribution in [0.1, 0.15) is 46.0 Å². The summed E-state index contributed by atoms with van der Waals surface area (Å²) >= 11 is 0. The van der Waals surface area contributed by atoms with Gasteiger partial charge in [-0.1, -0.05) is 26.7 Å². The molecule has 0 bridgehead atoms. The molecule has 0 radical (unpaired) electrons. The highest BCUT2D eigenvalue weighted by Gasteiger charge is 2.41. The normalized spacial score (nSPS) is 27.8. The largest absolute Gasteiger partial charge is 0.432 e. The highest BCUT2D eigenvalue weighted by Crippen LogP contribution is 2.46. The van der Waals surface area contributed by atoms with Gasteiger partial charge in [0, 0.05) is 5.92 Å². The van der Waals surface area contributed by atoms with Crippen molar-refractivity contribution in [1.29, 1.82) is 0 Å². The molecule has 1 saturated carbocycles. The summed E-state index contributed by atoms with van der Waals surface area (Å²) in [6.07, 6.45) is 6.81. The maximum Gasteiger partial charge on any atom is 0.188 e. The predicted octanol–water partition coefficient (Wildman–Crippen LogP) is 3.36. The summed E-state index contributed by atoms with van der Waals surface area (Å²) in [5, 5.41) is 0.0102. The van der Waals surface area contributed by atoms with Crippen molar-refractivity contribution < 1.29 is 9.59 Å². The van der Waals surface area contributed by atoms with Crippen molar-refractivity contribution in [3.05, 3.63) is 0 Å². The Labute approximate surface area is 101 Å². The molecule has 2 nitrogen and oxygen atoms in total. The molecule has 1 fully saturated rings. The lowest BCUT2D eigenvalue weighted by Crippen LogP contribution is -2.41. The Kier molecular flexibility index (Phi) is 4.35. The molecule has 0 aromatic rings. The van der Waals surface area contributed by atoms with E-state index in [0.29, 0.717) is 5.92 Å². The third kappa shape index (κ3) is 3.17. The van der Waals surface area contributed by atoms with Gasteiger partial charge in [0.1, 0.15) is 6.29 Å². The van der Waals surface area contributed by atoms with E-state index in [-0.39, 0.29) is 11.0 Å². The van der Waals surface area contributed by atoms with Gasteiger partial charge >= 0.3 is 0 Å². The van der Waals surface area contributed by atoms with Gasteiger partial charge in [0.2, 0.25) is 0 Å². The lowest BCUT2D eigenvalue weighted by Gasteiger charge is -2.40. The second-order valence-electron chi connectivity index (χ2n) is 6.49.